The van der Waals surface area contributed by atoms with Gasteiger partial charge in [0, 0.05) is 11.9 Å². The number of nitrogens with zero attached hydrogens (tertiary/aromatic N) is 2. The molecular formula is C17H20ClN5O. The van der Waals surface area contributed by atoms with Crippen LogP contribution in [-0.4, -0.2) is 29.3 Å². The molecule has 0 amide bonds. The van der Waals surface area contributed by atoms with E-state index >= 15 is 0 Å². The first-order valence-corrected chi connectivity index (χ1v) is 7.86. The minimum atomic E-state index is 0.371. The van der Waals surface area contributed by atoms with Crippen molar-refractivity contribution in [2.45, 2.75) is 13.8 Å². The molecule has 24 heavy (non-hydrogen) atoms. The van der Waals surface area contributed by atoms with E-state index in [1.807, 2.05) is 38.1 Å². The highest BCUT2D eigenvalue weighted by Crippen LogP contribution is 2.20. The van der Waals surface area contributed by atoms with Crippen LogP contribution in [0.3, 0.4) is 0 Å². The Balaban J connectivity index is 1.83. The van der Waals surface area contributed by atoms with Crippen molar-refractivity contribution in [3.8, 4) is 0 Å². The van der Waals surface area contributed by atoms with Gasteiger partial charge in [0.05, 0.1) is 18.5 Å². The van der Waals surface area contributed by atoms with Gasteiger partial charge in [-0.25, -0.2) is 9.97 Å². The van der Waals surface area contributed by atoms with Gasteiger partial charge < -0.3 is 20.8 Å². The number of aryl methyl sites for hydroxylation is 2. The average Bonchev–Trinajstić information content (AvgIpc) is 2.59. The van der Waals surface area contributed by atoms with E-state index < -0.39 is 0 Å². The van der Waals surface area contributed by atoms with Gasteiger partial charge in [-0.05, 0) is 25.5 Å². The Morgan fingerprint density at radius 3 is 2.83 bits per heavy atom. The van der Waals surface area contributed by atoms with Crippen LogP contribution in [0, 0.1) is 19.3 Å². The number of hydrogen-bond acceptors (Lipinski definition) is 6. The molecule has 1 aromatic heterocycles. The van der Waals surface area contributed by atoms with Crippen LogP contribution in [0.25, 0.3) is 0 Å². The number of allylic oxidation sites excluding steroid dienone is 1. The summed E-state index contributed by atoms with van der Waals surface area (Å²) in [6.07, 6.45) is 4.28. The van der Waals surface area contributed by atoms with E-state index in [0.717, 1.165) is 23.2 Å². The number of rotatable bonds is 8. The molecule has 0 aliphatic heterocycles. The van der Waals surface area contributed by atoms with E-state index in [4.69, 9.17) is 21.7 Å². The fourth-order valence-electron chi connectivity index (χ4n) is 1.93. The van der Waals surface area contributed by atoms with Gasteiger partial charge in [0.1, 0.15) is 23.8 Å². The number of para-hydroxylation sites is 1. The quantitative estimate of drug-likeness (QED) is 0.385. The first-order valence-electron chi connectivity index (χ1n) is 7.48. The molecule has 126 valence electrons. The maximum atomic E-state index is 7.42. The summed E-state index contributed by atoms with van der Waals surface area (Å²) in [7, 11) is 0. The van der Waals surface area contributed by atoms with Crippen LogP contribution >= 0.6 is 11.6 Å². The second kappa shape index (κ2) is 8.88. The van der Waals surface area contributed by atoms with Crippen LogP contribution < -0.4 is 10.6 Å². The van der Waals surface area contributed by atoms with Crippen molar-refractivity contribution >= 4 is 29.3 Å². The van der Waals surface area contributed by atoms with Gasteiger partial charge in [-0.1, -0.05) is 29.8 Å². The highest BCUT2D eigenvalue weighted by molar-refractivity contribution is 6.33. The van der Waals surface area contributed by atoms with E-state index in [1.165, 1.54) is 6.33 Å². The second-order valence-electron chi connectivity index (χ2n) is 5.05. The smallest absolute Gasteiger partial charge is 0.152 e. The molecule has 3 N–H and O–H groups in total. The Kier molecular flexibility index (Phi) is 6.57. The van der Waals surface area contributed by atoms with Crippen molar-refractivity contribution in [2.24, 2.45) is 0 Å². The largest absolute Gasteiger partial charge is 0.489 e. The third-order valence-corrected chi connectivity index (χ3v) is 3.74. The summed E-state index contributed by atoms with van der Waals surface area (Å²) in [4.78, 5) is 8.09. The molecule has 0 aliphatic carbocycles. The normalized spacial score (nSPS) is 11.0. The molecule has 0 radical (unpaired) electrons. The molecule has 0 spiro atoms. The summed E-state index contributed by atoms with van der Waals surface area (Å²) in [6.45, 7) is 4.71. The topological polar surface area (TPSA) is 82.9 Å². The Morgan fingerprint density at radius 1 is 1.29 bits per heavy atom. The van der Waals surface area contributed by atoms with Gasteiger partial charge in [0.25, 0.3) is 0 Å². The highest BCUT2D eigenvalue weighted by Gasteiger charge is 2.04. The standard InChI is InChI=1S/C17H20ClN5O/c1-12-5-3-4-6-15(12)21-10-14(9-19)24-8-7-20-17-16(18)13(2)22-11-23-17/h3-6,9-11,19,21H,7-8H2,1-2H3,(H,20,22,23)/b14-10+,19-9?. The van der Waals surface area contributed by atoms with Crippen molar-refractivity contribution in [1.82, 2.24) is 9.97 Å². The molecule has 0 atom stereocenters. The summed E-state index contributed by atoms with van der Waals surface area (Å²) in [5.74, 6) is 1.01. The van der Waals surface area contributed by atoms with Gasteiger partial charge in [0.15, 0.2) is 5.76 Å². The lowest BCUT2D eigenvalue weighted by atomic mass is 10.2. The molecular weight excluding hydrogens is 326 g/mol. The van der Waals surface area contributed by atoms with E-state index in [0.29, 0.717) is 29.8 Å². The number of halogens is 1. The van der Waals surface area contributed by atoms with Crippen molar-refractivity contribution in [2.75, 3.05) is 23.8 Å². The summed E-state index contributed by atoms with van der Waals surface area (Å²) in [6, 6.07) is 7.91. The molecule has 0 bridgehead atoms. The maximum absolute atomic E-state index is 7.42. The van der Waals surface area contributed by atoms with Crippen molar-refractivity contribution in [1.29, 1.82) is 5.41 Å². The van der Waals surface area contributed by atoms with Crippen molar-refractivity contribution in [3.63, 3.8) is 0 Å². The van der Waals surface area contributed by atoms with Crippen molar-refractivity contribution in [3.05, 3.63) is 58.8 Å². The van der Waals surface area contributed by atoms with Crippen LogP contribution in [0.15, 0.2) is 42.6 Å². The minimum Gasteiger partial charge on any atom is -0.489 e. The maximum Gasteiger partial charge on any atom is 0.152 e. The third-order valence-electron chi connectivity index (χ3n) is 3.28. The zero-order valence-electron chi connectivity index (χ0n) is 13.6. The van der Waals surface area contributed by atoms with Crippen LogP contribution in [-0.2, 0) is 4.74 Å². The number of hydrogen-bond donors (Lipinski definition) is 3. The third kappa shape index (κ3) is 4.96. The first kappa shape index (κ1) is 17.7. The lowest BCUT2D eigenvalue weighted by molar-refractivity contribution is 0.245. The molecule has 6 nitrogen and oxygen atoms in total. The van der Waals surface area contributed by atoms with Gasteiger partial charge in [-0.2, -0.15) is 0 Å². The monoisotopic (exact) mass is 345 g/mol. The van der Waals surface area contributed by atoms with Crippen LogP contribution in [0.2, 0.25) is 5.02 Å². The number of anilines is 2. The second-order valence-corrected chi connectivity index (χ2v) is 5.43. The molecule has 1 aromatic carbocycles. The lowest BCUT2D eigenvalue weighted by Crippen LogP contribution is -2.12. The molecule has 2 aromatic rings. The molecule has 0 saturated carbocycles. The Hall–Kier alpha value is -2.60. The molecule has 0 fully saturated rings. The summed E-state index contributed by atoms with van der Waals surface area (Å²) >= 11 is 6.11. The van der Waals surface area contributed by atoms with Crippen LogP contribution in [0.4, 0.5) is 11.5 Å². The van der Waals surface area contributed by atoms with E-state index in [1.54, 1.807) is 6.20 Å². The van der Waals surface area contributed by atoms with Crippen LogP contribution in [0.1, 0.15) is 11.3 Å². The fraction of sp³-hybridized carbons (Fsp3) is 0.235. The molecule has 0 saturated heterocycles. The zero-order valence-corrected chi connectivity index (χ0v) is 14.4. The molecule has 0 aliphatic rings. The summed E-state index contributed by atoms with van der Waals surface area (Å²) < 4.78 is 5.55. The molecule has 1 heterocycles. The van der Waals surface area contributed by atoms with Gasteiger partial charge >= 0.3 is 0 Å². The Bertz CT molecular complexity index is 733. The highest BCUT2D eigenvalue weighted by atomic mass is 35.5. The first-order chi connectivity index (χ1) is 11.6. The predicted octanol–water partition coefficient (Wildman–Crippen LogP) is 3.78. The Morgan fingerprint density at radius 2 is 2.08 bits per heavy atom. The minimum absolute atomic E-state index is 0.371. The number of benzene rings is 1. The zero-order chi connectivity index (χ0) is 17.4. The van der Waals surface area contributed by atoms with Crippen LogP contribution in [0.5, 0.6) is 0 Å². The predicted molar refractivity (Wildman–Crippen MR) is 97.9 cm³/mol. The molecule has 2 rings (SSSR count). The molecule has 7 heteroatoms. The summed E-state index contributed by atoms with van der Waals surface area (Å²) in [5, 5.41) is 14.1. The number of aromatic nitrogens is 2. The van der Waals surface area contributed by atoms with Gasteiger partial charge in [-0.3, -0.25) is 0 Å². The number of ether oxygens (including phenoxy) is 1. The average molecular weight is 346 g/mol. The van der Waals surface area contributed by atoms with Crippen molar-refractivity contribution < 1.29 is 4.74 Å². The SMILES string of the molecule is Cc1ccccc1N/C=C(\C=N)OCCNc1ncnc(C)c1Cl. The van der Waals surface area contributed by atoms with E-state index in [2.05, 4.69) is 20.6 Å². The van der Waals surface area contributed by atoms with Gasteiger partial charge in [-0.15, -0.1) is 0 Å². The summed E-state index contributed by atoms with van der Waals surface area (Å²) in [5.41, 5.74) is 2.81. The lowest BCUT2D eigenvalue weighted by Gasteiger charge is -2.11. The molecule has 0 unspecified atom stereocenters. The van der Waals surface area contributed by atoms with Gasteiger partial charge in [0.2, 0.25) is 0 Å². The number of nitrogens with one attached hydrogen (secondary N) is 3. The van der Waals surface area contributed by atoms with E-state index in [-0.39, 0.29) is 0 Å². The fourth-order valence-corrected chi connectivity index (χ4v) is 2.09. The van der Waals surface area contributed by atoms with E-state index in [9.17, 15) is 0 Å². The Labute approximate surface area is 146 Å².